The molecule has 15 heavy (non-hydrogen) atoms. The van der Waals surface area contributed by atoms with Crippen molar-refractivity contribution in [2.45, 2.75) is 19.0 Å². The van der Waals surface area contributed by atoms with E-state index in [0.717, 1.165) is 26.1 Å². The van der Waals surface area contributed by atoms with Gasteiger partial charge in [-0.1, -0.05) is 6.07 Å². The maximum absolute atomic E-state index is 5.88. The highest BCUT2D eigenvalue weighted by molar-refractivity contribution is 14.1. The third-order valence-corrected chi connectivity index (χ3v) is 5.04. The van der Waals surface area contributed by atoms with Crippen LogP contribution in [-0.2, 0) is 6.54 Å². The van der Waals surface area contributed by atoms with Crippen molar-refractivity contribution in [3.8, 4) is 0 Å². The number of benzene rings is 1. The van der Waals surface area contributed by atoms with Gasteiger partial charge in [0.1, 0.15) is 0 Å². The van der Waals surface area contributed by atoms with Gasteiger partial charge in [0.25, 0.3) is 0 Å². The molecular weight excluding hydrogens is 367 g/mol. The molecule has 1 aliphatic heterocycles. The number of likely N-dealkylation sites (tertiary alicyclic amines) is 1. The molecule has 0 saturated carbocycles. The summed E-state index contributed by atoms with van der Waals surface area (Å²) < 4.78 is 2.44. The van der Waals surface area contributed by atoms with E-state index in [9.17, 15) is 0 Å². The maximum atomic E-state index is 5.88. The van der Waals surface area contributed by atoms with Crippen LogP contribution in [0, 0.1) is 3.57 Å². The van der Waals surface area contributed by atoms with Crippen LogP contribution in [0.5, 0.6) is 0 Å². The van der Waals surface area contributed by atoms with Crippen molar-refractivity contribution in [3.05, 3.63) is 31.8 Å². The molecule has 2 rings (SSSR count). The van der Waals surface area contributed by atoms with Crippen molar-refractivity contribution in [3.63, 3.8) is 0 Å². The lowest BCUT2D eigenvalue weighted by atomic mass is 10.2. The fraction of sp³-hybridized carbons (Fsp3) is 0.455. The molecule has 1 fully saturated rings. The molecule has 0 spiro atoms. The zero-order valence-corrected chi connectivity index (χ0v) is 12.2. The average molecular weight is 381 g/mol. The summed E-state index contributed by atoms with van der Waals surface area (Å²) in [6.07, 6.45) is 1.13. The first-order valence-corrected chi connectivity index (χ1v) is 6.94. The Bertz CT molecular complexity index is 356. The van der Waals surface area contributed by atoms with Crippen LogP contribution in [0.15, 0.2) is 22.7 Å². The topological polar surface area (TPSA) is 29.3 Å². The van der Waals surface area contributed by atoms with Crippen LogP contribution in [0.3, 0.4) is 0 Å². The Morgan fingerprint density at radius 2 is 2.33 bits per heavy atom. The second kappa shape index (κ2) is 5.12. The summed E-state index contributed by atoms with van der Waals surface area (Å²) in [6.45, 7) is 3.18. The second-order valence-electron chi connectivity index (χ2n) is 4.03. The third-order valence-electron chi connectivity index (χ3n) is 2.70. The highest BCUT2D eigenvalue weighted by Crippen LogP contribution is 2.21. The first-order valence-electron chi connectivity index (χ1n) is 5.07. The number of rotatable bonds is 2. The molecule has 1 aromatic rings. The van der Waals surface area contributed by atoms with E-state index in [2.05, 4.69) is 61.6 Å². The molecule has 0 amide bonds. The SMILES string of the molecule is N[C@H]1CCN(Cc2ccc(I)c(Br)c2)C1. The molecule has 0 unspecified atom stereocenters. The standard InChI is InChI=1S/C11H14BrIN2/c12-10-5-8(1-2-11(10)13)6-15-4-3-9(14)7-15/h1-2,5,9H,3-4,6-7,14H2/t9-/m0/s1. The maximum Gasteiger partial charge on any atom is 0.0312 e. The van der Waals surface area contributed by atoms with Crippen LogP contribution >= 0.6 is 38.5 Å². The van der Waals surface area contributed by atoms with Crippen molar-refractivity contribution < 1.29 is 0 Å². The van der Waals surface area contributed by atoms with Gasteiger partial charge in [-0.2, -0.15) is 0 Å². The van der Waals surface area contributed by atoms with E-state index in [0.29, 0.717) is 6.04 Å². The lowest BCUT2D eigenvalue weighted by Crippen LogP contribution is -2.26. The summed E-state index contributed by atoms with van der Waals surface area (Å²) in [6, 6.07) is 6.91. The number of hydrogen-bond acceptors (Lipinski definition) is 2. The number of nitrogens with zero attached hydrogens (tertiary/aromatic N) is 1. The molecule has 1 saturated heterocycles. The van der Waals surface area contributed by atoms with Crippen LogP contribution in [0.2, 0.25) is 0 Å². The van der Waals surface area contributed by atoms with Gasteiger partial charge in [-0.05, 0) is 62.6 Å². The van der Waals surface area contributed by atoms with Crippen molar-refractivity contribution in [1.29, 1.82) is 0 Å². The quantitative estimate of drug-likeness (QED) is 0.799. The normalized spacial score (nSPS) is 22.2. The van der Waals surface area contributed by atoms with E-state index in [1.165, 1.54) is 13.6 Å². The molecule has 0 radical (unpaired) electrons. The van der Waals surface area contributed by atoms with Crippen LogP contribution in [0.1, 0.15) is 12.0 Å². The molecule has 2 nitrogen and oxygen atoms in total. The molecule has 0 aliphatic carbocycles. The zero-order chi connectivity index (χ0) is 10.8. The molecule has 1 aromatic carbocycles. The summed E-state index contributed by atoms with van der Waals surface area (Å²) in [5.41, 5.74) is 7.24. The first-order chi connectivity index (χ1) is 7.15. The van der Waals surface area contributed by atoms with Crippen molar-refractivity contribution >= 4 is 38.5 Å². The summed E-state index contributed by atoms with van der Waals surface area (Å²) in [5.74, 6) is 0. The van der Waals surface area contributed by atoms with Crippen molar-refractivity contribution in [1.82, 2.24) is 4.90 Å². The van der Waals surface area contributed by atoms with Gasteiger partial charge in [-0.15, -0.1) is 0 Å². The minimum Gasteiger partial charge on any atom is -0.326 e. The Balaban J connectivity index is 2.02. The van der Waals surface area contributed by atoms with Crippen molar-refractivity contribution in [2.24, 2.45) is 5.73 Å². The van der Waals surface area contributed by atoms with Gasteiger partial charge in [-0.3, -0.25) is 4.90 Å². The predicted molar refractivity (Wildman–Crippen MR) is 74.7 cm³/mol. The number of nitrogens with two attached hydrogens (primary N) is 1. The minimum absolute atomic E-state index is 0.372. The highest BCUT2D eigenvalue weighted by atomic mass is 127. The van der Waals surface area contributed by atoms with Crippen LogP contribution in [0.25, 0.3) is 0 Å². The summed E-state index contributed by atoms with van der Waals surface area (Å²) in [5, 5.41) is 0. The smallest absolute Gasteiger partial charge is 0.0312 e. The highest BCUT2D eigenvalue weighted by Gasteiger charge is 2.18. The average Bonchev–Trinajstić information content (AvgIpc) is 2.58. The van der Waals surface area contributed by atoms with Crippen LogP contribution in [-0.4, -0.2) is 24.0 Å². The zero-order valence-electron chi connectivity index (χ0n) is 8.42. The van der Waals surface area contributed by atoms with E-state index in [1.54, 1.807) is 0 Å². The Morgan fingerprint density at radius 3 is 2.93 bits per heavy atom. The van der Waals surface area contributed by atoms with Gasteiger partial charge in [-0.25, -0.2) is 0 Å². The molecule has 0 aromatic heterocycles. The third kappa shape index (κ3) is 3.15. The van der Waals surface area contributed by atoms with Gasteiger partial charge >= 0.3 is 0 Å². The van der Waals surface area contributed by atoms with Gasteiger partial charge < -0.3 is 5.73 Å². The Kier molecular flexibility index (Phi) is 4.04. The fourth-order valence-electron chi connectivity index (χ4n) is 1.90. The first kappa shape index (κ1) is 11.8. The molecule has 2 N–H and O–H groups in total. The molecular formula is C11H14BrIN2. The molecule has 4 heteroatoms. The fourth-order valence-corrected chi connectivity index (χ4v) is 2.66. The van der Waals surface area contributed by atoms with E-state index < -0.39 is 0 Å². The Labute approximate surface area is 112 Å². The summed E-state index contributed by atoms with van der Waals surface area (Å²) >= 11 is 5.88. The molecule has 1 atom stereocenters. The Hall–Kier alpha value is 0.350. The van der Waals surface area contributed by atoms with Gasteiger partial charge in [0.2, 0.25) is 0 Å². The van der Waals surface area contributed by atoms with E-state index in [-0.39, 0.29) is 0 Å². The lowest BCUT2D eigenvalue weighted by Gasteiger charge is -2.15. The Morgan fingerprint density at radius 1 is 1.53 bits per heavy atom. The summed E-state index contributed by atoms with van der Waals surface area (Å²) in [4.78, 5) is 2.42. The number of hydrogen-bond donors (Lipinski definition) is 1. The van der Waals surface area contributed by atoms with Gasteiger partial charge in [0.15, 0.2) is 0 Å². The molecule has 1 heterocycles. The predicted octanol–water partition coefficient (Wildman–Crippen LogP) is 2.59. The largest absolute Gasteiger partial charge is 0.326 e. The molecule has 82 valence electrons. The van der Waals surface area contributed by atoms with Crippen LogP contribution in [0.4, 0.5) is 0 Å². The molecule has 1 aliphatic rings. The van der Waals surface area contributed by atoms with E-state index in [4.69, 9.17) is 5.73 Å². The van der Waals surface area contributed by atoms with Crippen molar-refractivity contribution in [2.75, 3.05) is 13.1 Å². The van der Waals surface area contributed by atoms with Gasteiger partial charge in [0.05, 0.1) is 0 Å². The lowest BCUT2D eigenvalue weighted by molar-refractivity contribution is 0.327. The van der Waals surface area contributed by atoms with Crippen LogP contribution < -0.4 is 5.73 Å². The second-order valence-corrected chi connectivity index (χ2v) is 6.05. The summed E-state index contributed by atoms with van der Waals surface area (Å²) in [7, 11) is 0. The van der Waals surface area contributed by atoms with E-state index >= 15 is 0 Å². The minimum atomic E-state index is 0.372. The monoisotopic (exact) mass is 380 g/mol. The molecule has 0 bridgehead atoms. The van der Waals surface area contributed by atoms with E-state index in [1.807, 2.05) is 0 Å². The number of halogens is 2. The van der Waals surface area contributed by atoms with Gasteiger partial charge in [0, 0.05) is 33.7 Å².